The van der Waals surface area contributed by atoms with Gasteiger partial charge in [-0.3, -0.25) is 4.79 Å². The van der Waals surface area contributed by atoms with Crippen LogP contribution in [0.15, 0.2) is 84.9 Å². The van der Waals surface area contributed by atoms with Crippen molar-refractivity contribution in [2.45, 2.75) is 44.9 Å². The molecule has 0 aliphatic heterocycles. The fraction of sp³-hybridized carbons (Fsp3) is 0.222. The normalized spacial score (nSPS) is 12.6. The molecule has 0 aliphatic rings. The highest BCUT2D eigenvalue weighted by Crippen LogP contribution is 2.43. The van der Waals surface area contributed by atoms with Gasteiger partial charge in [0.05, 0.1) is 24.9 Å². The highest BCUT2D eigenvalue weighted by atomic mass is 19.1. The number of methoxy groups -OCH3 is 1. The molecule has 0 radical (unpaired) electrons. The number of hydrogen-bond acceptors (Lipinski definition) is 7. The summed E-state index contributed by atoms with van der Waals surface area (Å²) in [6.07, 6.45) is -0.246. The van der Waals surface area contributed by atoms with Crippen LogP contribution in [-0.2, 0) is 9.53 Å². The number of amides is 2. The molecule has 0 fully saturated rings. The molecule has 0 aliphatic carbocycles. The van der Waals surface area contributed by atoms with Crippen molar-refractivity contribution < 1.29 is 38.5 Å². The maximum atomic E-state index is 14.2. The van der Waals surface area contributed by atoms with Crippen molar-refractivity contribution in [3.63, 3.8) is 0 Å². The van der Waals surface area contributed by atoms with Gasteiger partial charge in [0, 0.05) is 35.0 Å². The van der Waals surface area contributed by atoms with Crippen LogP contribution < -0.4 is 5.32 Å². The third-order valence-electron chi connectivity index (χ3n) is 7.41. The summed E-state index contributed by atoms with van der Waals surface area (Å²) < 4.78 is 20.6. The van der Waals surface area contributed by atoms with E-state index >= 15 is 0 Å². The molecule has 0 bridgehead atoms. The van der Waals surface area contributed by atoms with E-state index in [1.54, 1.807) is 34.9 Å². The number of esters is 1. The van der Waals surface area contributed by atoms with E-state index in [9.17, 15) is 34.2 Å². The first-order valence-electron chi connectivity index (χ1n) is 14.8. The van der Waals surface area contributed by atoms with Gasteiger partial charge in [-0.05, 0) is 67.4 Å². The van der Waals surface area contributed by atoms with E-state index in [-0.39, 0.29) is 22.9 Å². The summed E-state index contributed by atoms with van der Waals surface area (Å²) in [7, 11) is 1.28. The summed E-state index contributed by atoms with van der Waals surface area (Å²) in [5, 5.41) is 35.1. The SMILES string of the molecule is C=[N+]([O-])C(=O)C[C@H](O)C[C@H](O)/C=C/c1c(-c2ccc(F)cc2)c(-c2ccccc2)c(C(=O)Nc2ccc(C(=O)OC)cc2)n1C(C)C. The molecule has 0 spiro atoms. The zero-order valence-electron chi connectivity index (χ0n) is 26.2. The molecular weight excluding hydrogens is 605 g/mol. The number of aliphatic hydroxyl groups is 2. The molecule has 0 unspecified atom stereocenters. The number of anilines is 1. The molecule has 3 N–H and O–H groups in total. The second-order valence-electron chi connectivity index (χ2n) is 11.1. The highest BCUT2D eigenvalue weighted by Gasteiger charge is 2.30. The number of benzene rings is 3. The first kappa shape index (κ1) is 34.5. The Morgan fingerprint density at radius 2 is 1.60 bits per heavy atom. The minimum atomic E-state index is -1.31. The lowest BCUT2D eigenvalue weighted by Crippen LogP contribution is -2.23. The molecule has 2 amide bonds. The van der Waals surface area contributed by atoms with Crippen LogP contribution in [0.25, 0.3) is 28.3 Å². The molecular formula is C36H36FN3O7. The number of carbonyl (C=O) groups excluding carboxylic acids is 3. The van der Waals surface area contributed by atoms with Crippen molar-refractivity contribution in [2.75, 3.05) is 12.4 Å². The van der Waals surface area contributed by atoms with Crippen molar-refractivity contribution in [3.8, 4) is 22.3 Å². The average molecular weight is 642 g/mol. The molecule has 3 aromatic carbocycles. The van der Waals surface area contributed by atoms with Gasteiger partial charge in [-0.25, -0.2) is 14.0 Å². The minimum absolute atomic E-state index is 0.124. The second kappa shape index (κ2) is 15.3. The molecule has 4 aromatic rings. The van der Waals surface area contributed by atoms with Crippen molar-refractivity contribution in [3.05, 3.63) is 113 Å². The van der Waals surface area contributed by atoms with Gasteiger partial charge < -0.3 is 30.0 Å². The van der Waals surface area contributed by atoms with E-state index in [1.165, 1.54) is 37.5 Å². The van der Waals surface area contributed by atoms with E-state index < -0.39 is 42.2 Å². The van der Waals surface area contributed by atoms with Gasteiger partial charge in [0.2, 0.25) is 0 Å². The first-order valence-corrected chi connectivity index (χ1v) is 14.8. The lowest BCUT2D eigenvalue weighted by Gasteiger charge is -2.17. The number of hydrogen-bond donors (Lipinski definition) is 3. The predicted molar refractivity (Wildman–Crippen MR) is 177 cm³/mol. The monoisotopic (exact) mass is 641 g/mol. The summed E-state index contributed by atoms with van der Waals surface area (Å²) in [4.78, 5) is 37.9. The Balaban J connectivity index is 1.89. The van der Waals surface area contributed by atoms with Gasteiger partial charge in [-0.1, -0.05) is 48.5 Å². The van der Waals surface area contributed by atoms with E-state index in [1.807, 2.05) is 44.2 Å². The number of nitrogens with one attached hydrogen (secondary N) is 1. The smallest absolute Gasteiger partial charge is 0.400 e. The Morgan fingerprint density at radius 1 is 0.979 bits per heavy atom. The Morgan fingerprint density at radius 3 is 2.17 bits per heavy atom. The highest BCUT2D eigenvalue weighted by molar-refractivity contribution is 6.12. The molecule has 244 valence electrons. The van der Waals surface area contributed by atoms with Gasteiger partial charge in [-0.2, -0.15) is 0 Å². The third kappa shape index (κ3) is 8.26. The van der Waals surface area contributed by atoms with Crippen molar-refractivity contribution in [1.82, 2.24) is 4.57 Å². The second-order valence-corrected chi connectivity index (χ2v) is 11.1. The Kier molecular flexibility index (Phi) is 11.2. The topological polar surface area (TPSA) is 144 Å². The molecule has 0 saturated heterocycles. The summed E-state index contributed by atoms with van der Waals surface area (Å²) >= 11 is 0. The van der Waals surface area contributed by atoms with Crippen LogP contribution in [0.3, 0.4) is 0 Å². The van der Waals surface area contributed by atoms with Crippen molar-refractivity contribution in [2.24, 2.45) is 0 Å². The van der Waals surface area contributed by atoms with Crippen LogP contribution in [0.4, 0.5) is 10.1 Å². The van der Waals surface area contributed by atoms with E-state index in [0.29, 0.717) is 39.2 Å². The van der Waals surface area contributed by atoms with Gasteiger partial charge in [0.25, 0.3) is 5.91 Å². The molecule has 0 saturated carbocycles. The van der Waals surface area contributed by atoms with Crippen molar-refractivity contribution >= 4 is 36.3 Å². The number of aromatic nitrogens is 1. The molecule has 4 rings (SSSR count). The first-order chi connectivity index (χ1) is 22.4. The number of nitrogens with zero attached hydrogens (tertiary/aromatic N) is 2. The largest absolute Gasteiger partial charge is 0.617 e. The third-order valence-corrected chi connectivity index (χ3v) is 7.41. The molecule has 10 nitrogen and oxygen atoms in total. The number of aliphatic hydroxyl groups excluding tert-OH is 2. The van der Waals surface area contributed by atoms with Crippen LogP contribution in [0.1, 0.15) is 59.3 Å². The minimum Gasteiger partial charge on any atom is -0.617 e. The number of carbonyl (C=O) groups is 3. The molecule has 1 heterocycles. The number of hydroxylamine groups is 1. The van der Waals surface area contributed by atoms with Gasteiger partial charge >= 0.3 is 11.9 Å². The van der Waals surface area contributed by atoms with Crippen LogP contribution in [-0.4, -0.2) is 63.3 Å². The maximum Gasteiger partial charge on any atom is 0.400 e. The van der Waals surface area contributed by atoms with Gasteiger partial charge in [-0.15, -0.1) is 4.74 Å². The number of ether oxygens (including phenoxy) is 1. The summed E-state index contributed by atoms with van der Waals surface area (Å²) in [6.45, 7) is 6.75. The summed E-state index contributed by atoms with van der Waals surface area (Å²) in [5.41, 5.74) is 4.00. The molecule has 1 aromatic heterocycles. The number of rotatable bonds is 12. The molecule has 11 heteroatoms. The van der Waals surface area contributed by atoms with Gasteiger partial charge in [0.1, 0.15) is 24.6 Å². The Hall–Kier alpha value is -5.39. The standard InChI is InChI=1S/C36H36FN3O7/c1-22(2)40-30(19-18-28(41)20-29(42)21-31(43)39(3)46)32(24-10-14-26(37)15-11-24)33(23-8-6-5-7-9-23)34(40)35(44)38-27-16-12-25(13-17-27)36(45)47-4/h5-19,22,28-29,41-42H,3,20-21H2,1-2,4H3,(H,38,44)/b19-18+/t28-,29-/m1/s1. The Labute approximate surface area is 271 Å². The zero-order valence-corrected chi connectivity index (χ0v) is 26.2. The van der Waals surface area contributed by atoms with Crippen molar-refractivity contribution in [1.29, 1.82) is 0 Å². The predicted octanol–water partition coefficient (Wildman–Crippen LogP) is 5.83. The quantitative estimate of drug-likeness (QED) is 0.0580. The lowest BCUT2D eigenvalue weighted by molar-refractivity contribution is -0.375. The van der Waals surface area contributed by atoms with Crippen LogP contribution >= 0.6 is 0 Å². The van der Waals surface area contributed by atoms with E-state index in [0.717, 1.165) is 0 Å². The zero-order chi connectivity index (χ0) is 34.2. The average Bonchev–Trinajstić information content (AvgIpc) is 3.40. The lowest BCUT2D eigenvalue weighted by atomic mass is 9.94. The maximum absolute atomic E-state index is 14.2. The fourth-order valence-electron chi connectivity index (χ4n) is 5.27. The Bertz CT molecular complexity index is 1780. The summed E-state index contributed by atoms with van der Waals surface area (Å²) in [5.74, 6) is -2.35. The summed E-state index contributed by atoms with van der Waals surface area (Å²) in [6, 6.07) is 21.0. The fourth-order valence-corrected chi connectivity index (χ4v) is 5.27. The van der Waals surface area contributed by atoms with Crippen LogP contribution in [0, 0.1) is 11.0 Å². The van der Waals surface area contributed by atoms with E-state index in [4.69, 9.17) is 4.74 Å². The van der Waals surface area contributed by atoms with E-state index in [2.05, 4.69) is 12.0 Å². The van der Waals surface area contributed by atoms with Gasteiger partial charge in [0.15, 0.2) is 0 Å². The van der Waals surface area contributed by atoms with Crippen LogP contribution in [0.2, 0.25) is 0 Å². The molecule has 47 heavy (non-hydrogen) atoms. The van der Waals surface area contributed by atoms with Crippen LogP contribution in [0.5, 0.6) is 0 Å². The molecule has 2 atom stereocenters. The number of halogens is 1.